The van der Waals surface area contributed by atoms with Crippen LogP contribution in [0, 0.1) is 5.82 Å². The molecule has 0 bridgehead atoms. The fourth-order valence-corrected chi connectivity index (χ4v) is 2.31. The molecule has 0 fully saturated rings. The molecule has 2 unspecified atom stereocenters. The molecule has 2 nitrogen and oxygen atoms in total. The zero-order chi connectivity index (χ0) is 13.8. The van der Waals surface area contributed by atoms with Gasteiger partial charge in [0.2, 0.25) is 0 Å². The summed E-state index contributed by atoms with van der Waals surface area (Å²) in [6, 6.07) is 13.1. The summed E-state index contributed by atoms with van der Waals surface area (Å²) in [6.07, 6.45) is -0.862. The molecule has 0 aromatic heterocycles. The average molecular weight is 280 g/mol. The van der Waals surface area contributed by atoms with Crippen LogP contribution in [0.3, 0.4) is 0 Å². The number of aliphatic hydroxyl groups is 1. The fraction of sp³-hybridized carbons (Fsp3) is 0.200. The van der Waals surface area contributed by atoms with E-state index in [1.165, 1.54) is 12.1 Å². The predicted molar refractivity (Wildman–Crippen MR) is 74.6 cm³/mol. The molecule has 100 valence electrons. The molecule has 0 aliphatic rings. The van der Waals surface area contributed by atoms with E-state index in [9.17, 15) is 9.50 Å². The Morgan fingerprint density at radius 3 is 2.42 bits per heavy atom. The second-order valence-corrected chi connectivity index (χ2v) is 4.83. The summed E-state index contributed by atoms with van der Waals surface area (Å²) in [4.78, 5) is 0. The molecule has 3 N–H and O–H groups in total. The molecule has 2 aromatic carbocycles. The van der Waals surface area contributed by atoms with E-state index in [1.807, 2.05) is 6.07 Å². The molecule has 2 rings (SSSR count). The van der Waals surface area contributed by atoms with Crippen LogP contribution in [0.5, 0.6) is 0 Å². The van der Waals surface area contributed by atoms with Crippen LogP contribution >= 0.6 is 11.6 Å². The van der Waals surface area contributed by atoms with E-state index in [0.29, 0.717) is 10.6 Å². The highest BCUT2D eigenvalue weighted by Gasteiger charge is 2.22. The Balaban J connectivity index is 2.31. The number of rotatable bonds is 4. The Morgan fingerprint density at radius 2 is 1.79 bits per heavy atom. The third kappa shape index (κ3) is 3.32. The van der Waals surface area contributed by atoms with E-state index in [-0.39, 0.29) is 18.3 Å². The Hall–Kier alpha value is -1.42. The summed E-state index contributed by atoms with van der Waals surface area (Å²) in [5, 5.41) is 10.9. The van der Waals surface area contributed by atoms with Crippen LogP contribution in [-0.2, 0) is 0 Å². The Kier molecular flexibility index (Phi) is 4.53. The maximum Gasteiger partial charge on any atom is 0.123 e. The lowest BCUT2D eigenvalue weighted by Gasteiger charge is -2.22. The van der Waals surface area contributed by atoms with Crippen molar-refractivity contribution < 1.29 is 9.50 Å². The average Bonchev–Trinajstić information content (AvgIpc) is 2.39. The van der Waals surface area contributed by atoms with Crippen LogP contribution in [0.4, 0.5) is 4.39 Å². The first-order valence-electron chi connectivity index (χ1n) is 6.01. The summed E-state index contributed by atoms with van der Waals surface area (Å²) in [5.41, 5.74) is 7.08. The number of aliphatic hydroxyl groups excluding tert-OH is 1. The van der Waals surface area contributed by atoms with E-state index in [1.54, 1.807) is 30.3 Å². The molecule has 2 atom stereocenters. The molecule has 0 amide bonds. The minimum atomic E-state index is -0.862. The van der Waals surface area contributed by atoms with Crippen LogP contribution < -0.4 is 5.73 Å². The van der Waals surface area contributed by atoms with Gasteiger partial charge in [0.1, 0.15) is 5.82 Å². The van der Waals surface area contributed by atoms with Crippen molar-refractivity contribution in [2.45, 2.75) is 12.0 Å². The fourth-order valence-electron chi connectivity index (χ4n) is 2.11. The second kappa shape index (κ2) is 6.15. The minimum Gasteiger partial charge on any atom is -0.388 e. The number of hydrogen-bond donors (Lipinski definition) is 2. The molecule has 0 saturated heterocycles. The van der Waals surface area contributed by atoms with Crippen molar-refractivity contribution in [1.29, 1.82) is 0 Å². The van der Waals surface area contributed by atoms with Gasteiger partial charge in [-0.15, -0.1) is 0 Å². The number of halogens is 2. The molecular formula is C15H15ClFNO. The SMILES string of the molecule is NCC(c1cccc(Cl)c1)C(O)c1cccc(F)c1. The van der Waals surface area contributed by atoms with Crippen molar-refractivity contribution in [3.8, 4) is 0 Å². The standard InChI is InChI=1S/C15H15ClFNO/c16-12-5-1-3-10(7-12)14(9-18)15(19)11-4-2-6-13(17)8-11/h1-8,14-15,19H,9,18H2. The molecule has 0 heterocycles. The largest absolute Gasteiger partial charge is 0.388 e. The number of nitrogens with two attached hydrogens (primary N) is 1. The van der Waals surface area contributed by atoms with Gasteiger partial charge in [-0.05, 0) is 35.4 Å². The lowest BCUT2D eigenvalue weighted by molar-refractivity contribution is 0.147. The first-order valence-corrected chi connectivity index (χ1v) is 6.38. The topological polar surface area (TPSA) is 46.2 Å². The van der Waals surface area contributed by atoms with Gasteiger partial charge in [-0.25, -0.2) is 4.39 Å². The third-order valence-electron chi connectivity index (χ3n) is 3.10. The minimum absolute atomic E-state index is 0.248. The maximum absolute atomic E-state index is 13.2. The van der Waals surface area contributed by atoms with Gasteiger partial charge in [-0.3, -0.25) is 0 Å². The summed E-state index contributed by atoms with van der Waals surface area (Å²) in [5.74, 6) is -0.695. The van der Waals surface area contributed by atoms with Crippen molar-refractivity contribution in [2.24, 2.45) is 5.73 Å². The van der Waals surface area contributed by atoms with E-state index in [4.69, 9.17) is 17.3 Å². The highest BCUT2D eigenvalue weighted by atomic mass is 35.5. The van der Waals surface area contributed by atoms with Crippen molar-refractivity contribution in [1.82, 2.24) is 0 Å². The zero-order valence-corrected chi connectivity index (χ0v) is 11.0. The normalized spacial score (nSPS) is 14.1. The van der Waals surface area contributed by atoms with Crippen LogP contribution in [0.2, 0.25) is 5.02 Å². The summed E-state index contributed by atoms with van der Waals surface area (Å²) in [6.45, 7) is 0.248. The summed E-state index contributed by atoms with van der Waals surface area (Å²) >= 11 is 5.94. The first kappa shape index (κ1) is 14.0. The van der Waals surface area contributed by atoms with Gasteiger partial charge < -0.3 is 10.8 Å². The molecule has 2 aromatic rings. The molecule has 19 heavy (non-hydrogen) atoms. The van der Waals surface area contributed by atoms with Gasteiger partial charge in [-0.1, -0.05) is 35.9 Å². The van der Waals surface area contributed by atoms with Crippen LogP contribution in [0.25, 0.3) is 0 Å². The number of benzene rings is 2. The van der Waals surface area contributed by atoms with Crippen molar-refractivity contribution in [3.63, 3.8) is 0 Å². The van der Waals surface area contributed by atoms with Crippen LogP contribution in [0.15, 0.2) is 48.5 Å². The quantitative estimate of drug-likeness (QED) is 0.902. The second-order valence-electron chi connectivity index (χ2n) is 4.40. The molecule has 4 heteroatoms. The van der Waals surface area contributed by atoms with Gasteiger partial charge >= 0.3 is 0 Å². The van der Waals surface area contributed by atoms with Gasteiger partial charge in [0.15, 0.2) is 0 Å². The Morgan fingerprint density at radius 1 is 1.11 bits per heavy atom. The molecule has 0 aliphatic carbocycles. The zero-order valence-electron chi connectivity index (χ0n) is 10.3. The Labute approximate surface area is 116 Å². The predicted octanol–water partition coefficient (Wildman–Crippen LogP) is 3.26. The summed E-state index contributed by atoms with van der Waals surface area (Å²) in [7, 11) is 0. The highest BCUT2D eigenvalue weighted by Crippen LogP contribution is 2.31. The van der Waals surface area contributed by atoms with Crippen molar-refractivity contribution >= 4 is 11.6 Å². The first-order chi connectivity index (χ1) is 9.11. The van der Waals surface area contributed by atoms with Crippen molar-refractivity contribution in [3.05, 3.63) is 70.5 Å². The molecular weight excluding hydrogens is 265 g/mol. The lowest BCUT2D eigenvalue weighted by Crippen LogP contribution is -2.20. The summed E-state index contributed by atoms with van der Waals surface area (Å²) < 4.78 is 13.2. The van der Waals surface area contributed by atoms with E-state index in [0.717, 1.165) is 5.56 Å². The van der Waals surface area contributed by atoms with Crippen LogP contribution in [-0.4, -0.2) is 11.7 Å². The molecule has 0 radical (unpaired) electrons. The number of hydrogen-bond acceptors (Lipinski definition) is 2. The monoisotopic (exact) mass is 279 g/mol. The highest BCUT2D eigenvalue weighted by molar-refractivity contribution is 6.30. The molecule has 0 aliphatic heterocycles. The Bertz CT molecular complexity index is 561. The third-order valence-corrected chi connectivity index (χ3v) is 3.34. The van der Waals surface area contributed by atoms with E-state index in [2.05, 4.69) is 0 Å². The van der Waals surface area contributed by atoms with E-state index >= 15 is 0 Å². The van der Waals surface area contributed by atoms with Gasteiger partial charge in [-0.2, -0.15) is 0 Å². The smallest absolute Gasteiger partial charge is 0.123 e. The maximum atomic E-state index is 13.2. The van der Waals surface area contributed by atoms with Gasteiger partial charge in [0.05, 0.1) is 6.10 Å². The molecule has 0 spiro atoms. The lowest BCUT2D eigenvalue weighted by atomic mass is 9.89. The van der Waals surface area contributed by atoms with Crippen LogP contribution in [0.1, 0.15) is 23.1 Å². The molecule has 0 saturated carbocycles. The van der Waals surface area contributed by atoms with Crippen molar-refractivity contribution in [2.75, 3.05) is 6.54 Å². The van der Waals surface area contributed by atoms with E-state index < -0.39 is 6.10 Å². The van der Waals surface area contributed by atoms with Gasteiger partial charge in [0, 0.05) is 17.5 Å². The van der Waals surface area contributed by atoms with Gasteiger partial charge in [0.25, 0.3) is 0 Å².